The highest BCUT2D eigenvalue weighted by Crippen LogP contribution is 2.18. The van der Waals surface area contributed by atoms with Crippen molar-refractivity contribution in [3.05, 3.63) is 71.5 Å². The lowest BCUT2D eigenvalue weighted by Gasteiger charge is -2.08. The number of hydrogen-bond acceptors (Lipinski definition) is 5. The SMILES string of the molecule is CCOC(=O)c1cc(C(=O)OCC)n(CC(=O)c2ccc3ccccc3c2)c1. The molecule has 0 saturated carbocycles. The van der Waals surface area contributed by atoms with Gasteiger partial charge < -0.3 is 14.0 Å². The fourth-order valence-corrected chi connectivity index (χ4v) is 2.95. The Morgan fingerprint density at radius 2 is 1.50 bits per heavy atom. The molecule has 0 unspecified atom stereocenters. The number of carbonyl (C=O) groups is 3. The second kappa shape index (κ2) is 8.52. The summed E-state index contributed by atoms with van der Waals surface area (Å²) >= 11 is 0. The number of Topliss-reactive ketones (excluding diaryl/α,β-unsaturated/α-hetero) is 1. The predicted octanol–water partition coefficient (Wildman–Crippen LogP) is 3.88. The van der Waals surface area contributed by atoms with Gasteiger partial charge in [-0.1, -0.05) is 36.4 Å². The molecule has 28 heavy (non-hydrogen) atoms. The van der Waals surface area contributed by atoms with Gasteiger partial charge in [0.25, 0.3) is 0 Å². The third kappa shape index (κ3) is 4.11. The molecule has 3 rings (SSSR count). The Bertz CT molecular complexity index is 1030. The molecular formula is C22H21NO5. The van der Waals surface area contributed by atoms with E-state index in [2.05, 4.69) is 0 Å². The van der Waals surface area contributed by atoms with Gasteiger partial charge in [0.1, 0.15) is 5.69 Å². The summed E-state index contributed by atoms with van der Waals surface area (Å²) in [5, 5.41) is 2.00. The van der Waals surface area contributed by atoms with Gasteiger partial charge in [0.15, 0.2) is 5.78 Å². The van der Waals surface area contributed by atoms with Crippen molar-refractivity contribution in [3.8, 4) is 0 Å². The molecule has 0 aliphatic rings. The first-order valence-corrected chi connectivity index (χ1v) is 9.10. The van der Waals surface area contributed by atoms with Crippen molar-refractivity contribution in [2.75, 3.05) is 13.2 Å². The van der Waals surface area contributed by atoms with Crippen LogP contribution in [-0.2, 0) is 16.0 Å². The van der Waals surface area contributed by atoms with Crippen LogP contribution in [0.4, 0.5) is 0 Å². The summed E-state index contributed by atoms with van der Waals surface area (Å²) in [5.41, 5.74) is 0.871. The number of fused-ring (bicyclic) bond motifs is 1. The summed E-state index contributed by atoms with van der Waals surface area (Å²) in [6.07, 6.45) is 1.45. The summed E-state index contributed by atoms with van der Waals surface area (Å²) in [6.45, 7) is 3.71. The van der Waals surface area contributed by atoms with Gasteiger partial charge >= 0.3 is 11.9 Å². The predicted molar refractivity (Wildman–Crippen MR) is 105 cm³/mol. The first-order valence-electron chi connectivity index (χ1n) is 9.10. The zero-order valence-corrected chi connectivity index (χ0v) is 15.8. The van der Waals surface area contributed by atoms with E-state index in [1.54, 1.807) is 19.9 Å². The minimum atomic E-state index is -0.593. The molecule has 0 radical (unpaired) electrons. The quantitative estimate of drug-likeness (QED) is 0.460. The molecule has 0 saturated heterocycles. The van der Waals surface area contributed by atoms with Crippen LogP contribution < -0.4 is 0 Å². The largest absolute Gasteiger partial charge is 0.462 e. The third-order valence-electron chi connectivity index (χ3n) is 4.28. The molecule has 6 heteroatoms. The van der Waals surface area contributed by atoms with Gasteiger partial charge in [-0.3, -0.25) is 4.79 Å². The van der Waals surface area contributed by atoms with Crippen LogP contribution in [0.3, 0.4) is 0 Å². The number of carbonyl (C=O) groups excluding carboxylic acids is 3. The smallest absolute Gasteiger partial charge is 0.354 e. The molecule has 1 heterocycles. The number of nitrogens with zero attached hydrogens (tertiary/aromatic N) is 1. The van der Waals surface area contributed by atoms with Crippen LogP contribution in [0.1, 0.15) is 45.1 Å². The Kier molecular flexibility index (Phi) is 5.89. The van der Waals surface area contributed by atoms with Crippen molar-refractivity contribution >= 4 is 28.5 Å². The van der Waals surface area contributed by atoms with Crippen LogP contribution >= 0.6 is 0 Å². The Morgan fingerprint density at radius 1 is 0.821 bits per heavy atom. The zero-order chi connectivity index (χ0) is 20.1. The number of rotatable bonds is 7. The Morgan fingerprint density at radius 3 is 2.21 bits per heavy atom. The van der Waals surface area contributed by atoms with Gasteiger partial charge in [0.2, 0.25) is 0 Å². The summed E-state index contributed by atoms with van der Waals surface area (Å²) in [5.74, 6) is -1.32. The van der Waals surface area contributed by atoms with E-state index < -0.39 is 11.9 Å². The average molecular weight is 379 g/mol. The molecule has 1 aromatic heterocycles. The summed E-state index contributed by atoms with van der Waals surface area (Å²) in [4.78, 5) is 37.1. The maximum absolute atomic E-state index is 12.8. The third-order valence-corrected chi connectivity index (χ3v) is 4.28. The molecule has 2 aromatic carbocycles. The highest BCUT2D eigenvalue weighted by molar-refractivity contribution is 6.01. The van der Waals surface area contributed by atoms with E-state index in [1.165, 1.54) is 16.8 Å². The van der Waals surface area contributed by atoms with Gasteiger partial charge in [-0.25, -0.2) is 9.59 Å². The van der Waals surface area contributed by atoms with Crippen LogP contribution in [0.15, 0.2) is 54.7 Å². The summed E-state index contributed by atoms with van der Waals surface area (Å²) in [6, 6.07) is 14.6. The summed E-state index contributed by atoms with van der Waals surface area (Å²) in [7, 11) is 0. The zero-order valence-electron chi connectivity index (χ0n) is 15.8. The van der Waals surface area contributed by atoms with Crippen molar-refractivity contribution in [1.82, 2.24) is 4.57 Å². The minimum absolute atomic E-state index is 0.0914. The van der Waals surface area contributed by atoms with E-state index in [0.717, 1.165) is 10.8 Å². The first-order chi connectivity index (χ1) is 13.5. The van der Waals surface area contributed by atoms with E-state index >= 15 is 0 Å². The molecule has 3 aromatic rings. The van der Waals surface area contributed by atoms with Crippen molar-refractivity contribution in [2.24, 2.45) is 0 Å². The second-order valence-corrected chi connectivity index (χ2v) is 6.17. The van der Waals surface area contributed by atoms with Crippen molar-refractivity contribution in [2.45, 2.75) is 20.4 Å². The van der Waals surface area contributed by atoms with Crippen LogP contribution in [0.25, 0.3) is 10.8 Å². The molecule has 6 nitrogen and oxygen atoms in total. The van der Waals surface area contributed by atoms with Crippen LogP contribution in [0.2, 0.25) is 0 Å². The summed E-state index contributed by atoms with van der Waals surface area (Å²) < 4.78 is 11.5. The van der Waals surface area contributed by atoms with Crippen LogP contribution in [-0.4, -0.2) is 35.5 Å². The van der Waals surface area contributed by atoms with E-state index in [4.69, 9.17) is 9.47 Å². The average Bonchev–Trinajstić information content (AvgIpc) is 3.12. The molecule has 0 atom stereocenters. The highest BCUT2D eigenvalue weighted by Gasteiger charge is 2.21. The highest BCUT2D eigenvalue weighted by atomic mass is 16.5. The molecule has 0 aliphatic carbocycles. The molecular weight excluding hydrogens is 358 g/mol. The number of hydrogen-bond donors (Lipinski definition) is 0. The Balaban J connectivity index is 1.91. The molecule has 0 fully saturated rings. The van der Waals surface area contributed by atoms with Crippen molar-refractivity contribution < 1.29 is 23.9 Å². The molecule has 144 valence electrons. The Hall–Kier alpha value is -3.41. The number of aromatic nitrogens is 1. The monoisotopic (exact) mass is 379 g/mol. The van der Waals surface area contributed by atoms with Crippen LogP contribution in [0.5, 0.6) is 0 Å². The van der Waals surface area contributed by atoms with Gasteiger partial charge in [-0.2, -0.15) is 0 Å². The first kappa shape index (κ1) is 19.4. The number of benzene rings is 2. The molecule has 0 aliphatic heterocycles. The Labute approximate surface area is 162 Å². The second-order valence-electron chi connectivity index (χ2n) is 6.17. The molecule has 0 spiro atoms. The van der Waals surface area contributed by atoms with Gasteiger partial charge in [-0.05, 0) is 36.8 Å². The maximum Gasteiger partial charge on any atom is 0.354 e. The van der Waals surface area contributed by atoms with E-state index in [0.29, 0.717) is 5.56 Å². The lowest BCUT2D eigenvalue weighted by Crippen LogP contribution is -2.16. The number of esters is 2. The fraction of sp³-hybridized carbons (Fsp3) is 0.227. The lowest BCUT2D eigenvalue weighted by atomic mass is 10.0. The van der Waals surface area contributed by atoms with E-state index in [9.17, 15) is 14.4 Å². The van der Waals surface area contributed by atoms with Gasteiger partial charge in [0.05, 0.1) is 25.3 Å². The fourth-order valence-electron chi connectivity index (χ4n) is 2.95. The molecule has 0 amide bonds. The molecule has 0 N–H and O–H groups in total. The van der Waals surface area contributed by atoms with Gasteiger partial charge in [-0.15, -0.1) is 0 Å². The number of ketones is 1. The molecule has 0 bridgehead atoms. The standard InChI is InChI=1S/C22H21NO5/c1-3-27-21(25)18-12-19(22(26)28-4-2)23(13-18)14-20(24)17-10-9-15-7-5-6-8-16(15)11-17/h5-13H,3-4,14H2,1-2H3. The van der Waals surface area contributed by atoms with Crippen molar-refractivity contribution in [3.63, 3.8) is 0 Å². The maximum atomic E-state index is 12.8. The van der Waals surface area contributed by atoms with Crippen molar-refractivity contribution in [1.29, 1.82) is 0 Å². The van der Waals surface area contributed by atoms with E-state index in [-0.39, 0.29) is 36.8 Å². The van der Waals surface area contributed by atoms with E-state index in [1.807, 2.05) is 36.4 Å². The van der Waals surface area contributed by atoms with Crippen LogP contribution in [0, 0.1) is 0 Å². The number of ether oxygens (including phenoxy) is 2. The normalized spacial score (nSPS) is 10.6. The lowest BCUT2D eigenvalue weighted by molar-refractivity contribution is 0.0512. The topological polar surface area (TPSA) is 74.6 Å². The minimum Gasteiger partial charge on any atom is -0.462 e. The van der Waals surface area contributed by atoms with Gasteiger partial charge in [0, 0.05) is 11.8 Å².